The van der Waals surface area contributed by atoms with Crippen molar-refractivity contribution in [3.8, 4) is 11.5 Å². The summed E-state index contributed by atoms with van der Waals surface area (Å²) in [4.78, 5) is 16.1. The lowest BCUT2D eigenvalue weighted by molar-refractivity contribution is -0.134. The van der Waals surface area contributed by atoms with Gasteiger partial charge in [0.1, 0.15) is 17.5 Å². The summed E-state index contributed by atoms with van der Waals surface area (Å²) < 4.78 is 44.2. The van der Waals surface area contributed by atoms with E-state index in [0.29, 0.717) is 11.5 Å². The minimum absolute atomic E-state index is 0.0428. The van der Waals surface area contributed by atoms with Gasteiger partial charge in [0.25, 0.3) is 5.91 Å². The molecule has 1 amide bonds. The third-order valence-electron chi connectivity index (χ3n) is 4.70. The number of hydrogen-bond acceptors (Lipinski definition) is 7. The van der Waals surface area contributed by atoms with Crippen molar-refractivity contribution in [3.05, 3.63) is 48.8 Å². The summed E-state index contributed by atoms with van der Waals surface area (Å²) >= 11 is 0. The SMILES string of the molecule is CC1(C)C(C(=O)NO)N(S(=O)(=O)c2ccc(Oc3ccncc3)cc2)CC[S@@]1=O. The third-order valence-corrected chi connectivity index (χ3v) is 8.53. The lowest BCUT2D eigenvalue weighted by atomic mass is 10.0. The van der Waals surface area contributed by atoms with Crippen LogP contribution in [0.25, 0.3) is 0 Å². The molecule has 156 valence electrons. The fourth-order valence-corrected chi connectivity index (χ4v) is 6.43. The Morgan fingerprint density at radius 2 is 1.79 bits per heavy atom. The maximum atomic E-state index is 13.2. The Labute approximate surface area is 171 Å². The molecule has 1 fully saturated rings. The Bertz CT molecular complexity index is 1010. The van der Waals surface area contributed by atoms with Crippen LogP contribution < -0.4 is 10.2 Å². The lowest BCUT2D eigenvalue weighted by Gasteiger charge is -2.42. The first-order valence-corrected chi connectivity index (χ1v) is 11.5. The monoisotopic (exact) mass is 439 g/mol. The molecule has 2 aromatic rings. The highest BCUT2D eigenvalue weighted by Crippen LogP contribution is 2.33. The first-order valence-electron chi connectivity index (χ1n) is 8.70. The van der Waals surface area contributed by atoms with Crippen LogP contribution in [0.15, 0.2) is 53.7 Å². The number of pyridine rings is 1. The van der Waals surface area contributed by atoms with Crippen molar-refractivity contribution in [1.29, 1.82) is 0 Å². The van der Waals surface area contributed by atoms with Crippen molar-refractivity contribution >= 4 is 26.7 Å². The van der Waals surface area contributed by atoms with Gasteiger partial charge in [0.05, 0.1) is 9.64 Å². The van der Waals surface area contributed by atoms with E-state index in [0.717, 1.165) is 4.31 Å². The van der Waals surface area contributed by atoms with Gasteiger partial charge < -0.3 is 4.74 Å². The smallest absolute Gasteiger partial charge is 0.263 e. The number of carbonyl (C=O) groups is 1. The van der Waals surface area contributed by atoms with Gasteiger partial charge in [-0.05, 0) is 50.2 Å². The van der Waals surface area contributed by atoms with Gasteiger partial charge in [-0.3, -0.25) is 19.2 Å². The van der Waals surface area contributed by atoms with Crippen molar-refractivity contribution in [2.24, 2.45) is 0 Å². The van der Waals surface area contributed by atoms with E-state index in [4.69, 9.17) is 9.94 Å². The molecule has 1 aliphatic rings. The number of nitrogens with one attached hydrogen (secondary N) is 1. The van der Waals surface area contributed by atoms with Gasteiger partial charge in [-0.25, -0.2) is 13.9 Å². The summed E-state index contributed by atoms with van der Waals surface area (Å²) in [6.07, 6.45) is 3.14. The summed E-state index contributed by atoms with van der Waals surface area (Å²) in [5, 5.41) is 9.10. The molecule has 0 bridgehead atoms. The van der Waals surface area contributed by atoms with Gasteiger partial charge in [-0.2, -0.15) is 4.31 Å². The minimum Gasteiger partial charge on any atom is -0.457 e. The summed E-state index contributed by atoms with van der Waals surface area (Å²) in [5.41, 5.74) is 1.50. The van der Waals surface area contributed by atoms with E-state index >= 15 is 0 Å². The van der Waals surface area contributed by atoms with Gasteiger partial charge >= 0.3 is 0 Å². The summed E-state index contributed by atoms with van der Waals surface area (Å²) in [6, 6.07) is 7.76. The molecule has 1 aromatic heterocycles. The second-order valence-electron chi connectivity index (χ2n) is 6.90. The van der Waals surface area contributed by atoms with Gasteiger partial charge in [0.2, 0.25) is 10.0 Å². The molecule has 11 heteroatoms. The van der Waals surface area contributed by atoms with Crippen LogP contribution in [-0.2, 0) is 25.6 Å². The molecule has 9 nitrogen and oxygen atoms in total. The zero-order valence-corrected chi connectivity index (χ0v) is 17.4. The van der Waals surface area contributed by atoms with E-state index in [9.17, 15) is 17.4 Å². The van der Waals surface area contributed by atoms with E-state index < -0.39 is 37.5 Å². The molecule has 1 unspecified atom stereocenters. The molecule has 2 atom stereocenters. The average molecular weight is 440 g/mol. The van der Waals surface area contributed by atoms with E-state index in [1.54, 1.807) is 24.5 Å². The number of sulfonamides is 1. The molecule has 29 heavy (non-hydrogen) atoms. The Morgan fingerprint density at radius 1 is 1.21 bits per heavy atom. The fourth-order valence-electron chi connectivity index (χ4n) is 3.16. The zero-order chi connectivity index (χ0) is 21.2. The van der Waals surface area contributed by atoms with E-state index in [-0.39, 0.29) is 17.2 Å². The zero-order valence-electron chi connectivity index (χ0n) is 15.8. The van der Waals surface area contributed by atoms with Crippen LogP contribution in [0.2, 0.25) is 0 Å². The number of nitrogens with zero attached hydrogens (tertiary/aromatic N) is 2. The van der Waals surface area contributed by atoms with Crippen LogP contribution in [0.1, 0.15) is 13.8 Å². The number of benzene rings is 1. The highest BCUT2D eigenvalue weighted by atomic mass is 32.2. The van der Waals surface area contributed by atoms with Crippen molar-refractivity contribution < 1.29 is 27.4 Å². The number of ether oxygens (including phenoxy) is 1. The highest BCUT2D eigenvalue weighted by molar-refractivity contribution is 7.90. The average Bonchev–Trinajstić information content (AvgIpc) is 2.70. The first-order chi connectivity index (χ1) is 13.7. The molecule has 2 heterocycles. The Morgan fingerprint density at radius 3 is 2.38 bits per heavy atom. The highest BCUT2D eigenvalue weighted by Gasteiger charge is 2.51. The molecule has 1 saturated heterocycles. The standard InChI is InChI=1S/C18H21N3O6S2/c1-18(2)16(17(22)20-23)21(11-12-28(18)24)29(25,26)15-5-3-13(4-6-15)27-14-7-9-19-10-8-14/h3-10,16,23H,11-12H2,1-2H3,(H,20,22)/t16?,28-/m0/s1. The summed E-state index contributed by atoms with van der Waals surface area (Å²) in [6.45, 7) is 2.97. The summed E-state index contributed by atoms with van der Waals surface area (Å²) in [5.74, 6) is 0.143. The number of amides is 1. The van der Waals surface area contributed by atoms with Crippen molar-refractivity contribution in [1.82, 2.24) is 14.8 Å². The molecule has 0 radical (unpaired) electrons. The normalized spacial score (nSPS) is 22.0. The van der Waals surface area contributed by atoms with Gasteiger partial charge in [0, 0.05) is 35.5 Å². The second kappa shape index (κ2) is 8.19. The van der Waals surface area contributed by atoms with Crippen LogP contribution in [0, 0.1) is 0 Å². The molecule has 2 N–H and O–H groups in total. The van der Waals surface area contributed by atoms with Crippen LogP contribution in [0.3, 0.4) is 0 Å². The molecular formula is C18H21N3O6S2. The van der Waals surface area contributed by atoms with E-state index in [1.807, 2.05) is 0 Å². The molecule has 0 saturated carbocycles. The molecule has 1 aliphatic heterocycles. The fraction of sp³-hybridized carbons (Fsp3) is 0.333. The maximum absolute atomic E-state index is 13.2. The summed E-state index contributed by atoms with van der Waals surface area (Å²) in [7, 11) is -5.53. The van der Waals surface area contributed by atoms with Crippen molar-refractivity contribution in [3.63, 3.8) is 0 Å². The minimum atomic E-state index is -4.09. The predicted molar refractivity (Wildman–Crippen MR) is 105 cm³/mol. The van der Waals surface area contributed by atoms with Crippen LogP contribution in [-0.4, -0.2) is 56.1 Å². The van der Waals surface area contributed by atoms with Gasteiger partial charge in [-0.1, -0.05) is 0 Å². The number of carbonyl (C=O) groups excluding carboxylic acids is 1. The number of hydrogen-bond donors (Lipinski definition) is 2. The largest absolute Gasteiger partial charge is 0.457 e. The molecule has 0 aliphatic carbocycles. The van der Waals surface area contributed by atoms with Crippen LogP contribution in [0.5, 0.6) is 11.5 Å². The molecular weight excluding hydrogens is 418 g/mol. The first kappa shape index (κ1) is 21.4. The Balaban J connectivity index is 1.90. The Kier molecular flexibility index (Phi) is 6.03. The Hall–Kier alpha value is -2.34. The molecule has 0 spiro atoms. The van der Waals surface area contributed by atoms with Crippen molar-refractivity contribution in [2.45, 2.75) is 29.5 Å². The predicted octanol–water partition coefficient (Wildman–Crippen LogP) is 1.28. The lowest BCUT2D eigenvalue weighted by Crippen LogP contribution is -2.64. The molecule has 1 aromatic carbocycles. The number of aromatic nitrogens is 1. The quantitative estimate of drug-likeness (QED) is 0.531. The van der Waals surface area contributed by atoms with Gasteiger partial charge in [0.15, 0.2) is 0 Å². The van der Waals surface area contributed by atoms with Crippen molar-refractivity contribution in [2.75, 3.05) is 12.3 Å². The third kappa shape index (κ3) is 4.17. The van der Waals surface area contributed by atoms with E-state index in [2.05, 4.69) is 4.98 Å². The molecule has 3 rings (SSSR count). The maximum Gasteiger partial charge on any atom is 0.263 e. The number of rotatable bonds is 5. The van der Waals surface area contributed by atoms with Crippen LogP contribution in [0.4, 0.5) is 0 Å². The van der Waals surface area contributed by atoms with Gasteiger partial charge in [-0.15, -0.1) is 0 Å². The topological polar surface area (TPSA) is 126 Å². The van der Waals surface area contributed by atoms with Crippen LogP contribution >= 0.6 is 0 Å². The second-order valence-corrected chi connectivity index (χ2v) is 10.9. The number of hydroxylamine groups is 1. The van der Waals surface area contributed by atoms with E-state index in [1.165, 1.54) is 43.6 Å².